The van der Waals surface area contributed by atoms with Gasteiger partial charge in [-0.2, -0.15) is 0 Å². The normalized spacial score (nSPS) is 15.8. The number of hydrogen-bond acceptors (Lipinski definition) is 2. The van der Waals surface area contributed by atoms with Crippen molar-refractivity contribution < 1.29 is 9.18 Å². The first-order valence-electron chi connectivity index (χ1n) is 7.27. The summed E-state index contributed by atoms with van der Waals surface area (Å²) in [5.41, 5.74) is 0.209. The summed E-state index contributed by atoms with van der Waals surface area (Å²) in [4.78, 5) is 14.0. The van der Waals surface area contributed by atoms with Gasteiger partial charge in [0.15, 0.2) is 0 Å². The molecule has 1 saturated heterocycles. The molecule has 1 heterocycles. The van der Waals surface area contributed by atoms with Gasteiger partial charge in [0.25, 0.3) is 0 Å². The number of carbonyl (C=O) groups is 1. The van der Waals surface area contributed by atoms with Crippen molar-refractivity contribution in [3.05, 3.63) is 30.1 Å². The number of halogens is 1. The van der Waals surface area contributed by atoms with Crippen LogP contribution in [0.2, 0.25) is 0 Å². The van der Waals surface area contributed by atoms with Gasteiger partial charge < -0.3 is 15.5 Å². The zero-order chi connectivity index (χ0) is 14.2. The third-order valence-corrected chi connectivity index (χ3v) is 3.51. The number of amides is 2. The van der Waals surface area contributed by atoms with Crippen molar-refractivity contribution in [2.24, 2.45) is 0 Å². The first-order valence-corrected chi connectivity index (χ1v) is 7.27. The van der Waals surface area contributed by atoms with Gasteiger partial charge in [-0.1, -0.05) is 18.6 Å². The Labute approximate surface area is 119 Å². The van der Waals surface area contributed by atoms with Crippen LogP contribution < -0.4 is 10.6 Å². The molecule has 2 amide bonds. The van der Waals surface area contributed by atoms with E-state index in [9.17, 15) is 9.18 Å². The van der Waals surface area contributed by atoms with Crippen molar-refractivity contribution in [2.75, 3.05) is 31.5 Å². The average molecular weight is 279 g/mol. The third kappa shape index (κ3) is 4.81. The summed E-state index contributed by atoms with van der Waals surface area (Å²) in [6, 6.07) is 5.80. The average Bonchev–Trinajstić information content (AvgIpc) is 2.47. The molecule has 1 aromatic rings. The lowest BCUT2D eigenvalue weighted by Gasteiger charge is -2.26. The highest BCUT2D eigenvalue weighted by molar-refractivity contribution is 5.89. The molecule has 0 saturated carbocycles. The number of carbonyl (C=O) groups excluding carboxylic acids is 1. The second-order valence-electron chi connectivity index (χ2n) is 5.12. The van der Waals surface area contributed by atoms with Gasteiger partial charge in [0.2, 0.25) is 0 Å². The maximum atomic E-state index is 13.3. The number of rotatable bonds is 5. The molecule has 0 bridgehead atoms. The van der Waals surface area contributed by atoms with E-state index in [0.717, 1.165) is 13.0 Å². The van der Waals surface area contributed by atoms with E-state index in [-0.39, 0.29) is 11.7 Å². The second kappa shape index (κ2) is 7.85. The molecule has 0 unspecified atom stereocenters. The molecule has 1 aliphatic heterocycles. The number of piperidine rings is 1. The molecule has 1 fully saturated rings. The number of para-hydroxylation sites is 1. The molecule has 5 heteroatoms. The molecule has 4 nitrogen and oxygen atoms in total. The lowest BCUT2D eigenvalue weighted by molar-refractivity contribution is 0.224. The third-order valence-electron chi connectivity index (χ3n) is 3.51. The number of nitrogens with zero attached hydrogens (tertiary/aromatic N) is 1. The fourth-order valence-electron chi connectivity index (χ4n) is 2.42. The zero-order valence-electron chi connectivity index (χ0n) is 11.7. The molecular formula is C15H22FN3O. The zero-order valence-corrected chi connectivity index (χ0v) is 11.7. The van der Waals surface area contributed by atoms with Crippen LogP contribution in [0.4, 0.5) is 14.9 Å². The van der Waals surface area contributed by atoms with E-state index >= 15 is 0 Å². The molecule has 2 rings (SSSR count). The molecule has 20 heavy (non-hydrogen) atoms. The molecule has 1 aliphatic rings. The number of benzene rings is 1. The van der Waals surface area contributed by atoms with Gasteiger partial charge in [0, 0.05) is 6.54 Å². The predicted molar refractivity (Wildman–Crippen MR) is 78.3 cm³/mol. The topological polar surface area (TPSA) is 44.4 Å². The van der Waals surface area contributed by atoms with Crippen LogP contribution in [-0.2, 0) is 0 Å². The number of likely N-dealkylation sites (tertiary alicyclic amines) is 1. The van der Waals surface area contributed by atoms with E-state index < -0.39 is 5.82 Å². The number of urea groups is 1. The quantitative estimate of drug-likeness (QED) is 0.814. The van der Waals surface area contributed by atoms with Crippen molar-refractivity contribution >= 4 is 11.7 Å². The van der Waals surface area contributed by atoms with Gasteiger partial charge in [-0.25, -0.2) is 9.18 Å². The van der Waals surface area contributed by atoms with E-state index in [1.165, 1.54) is 38.4 Å². The highest BCUT2D eigenvalue weighted by Crippen LogP contribution is 2.12. The Morgan fingerprint density at radius 2 is 1.95 bits per heavy atom. The van der Waals surface area contributed by atoms with Gasteiger partial charge in [-0.3, -0.25) is 0 Å². The highest BCUT2D eigenvalue weighted by Gasteiger charge is 2.09. The van der Waals surface area contributed by atoms with E-state index in [1.807, 2.05) is 0 Å². The molecule has 0 spiro atoms. The summed E-state index contributed by atoms with van der Waals surface area (Å²) in [6.45, 7) is 3.96. The minimum Gasteiger partial charge on any atom is -0.338 e. The monoisotopic (exact) mass is 279 g/mol. The Balaban J connectivity index is 1.61. The maximum Gasteiger partial charge on any atom is 0.319 e. The van der Waals surface area contributed by atoms with Crippen LogP contribution in [0.3, 0.4) is 0 Å². The molecule has 110 valence electrons. The van der Waals surface area contributed by atoms with Crippen LogP contribution in [0.1, 0.15) is 25.7 Å². The van der Waals surface area contributed by atoms with Gasteiger partial charge >= 0.3 is 6.03 Å². The fraction of sp³-hybridized carbons (Fsp3) is 0.533. The molecule has 2 N–H and O–H groups in total. The molecule has 0 radical (unpaired) electrons. The first-order chi connectivity index (χ1) is 9.75. The smallest absolute Gasteiger partial charge is 0.319 e. The summed E-state index contributed by atoms with van der Waals surface area (Å²) in [5, 5.41) is 5.26. The Bertz CT molecular complexity index is 433. The first kappa shape index (κ1) is 14.8. The molecular weight excluding hydrogens is 257 g/mol. The summed E-state index contributed by atoms with van der Waals surface area (Å²) >= 11 is 0. The van der Waals surface area contributed by atoms with Gasteiger partial charge in [0.1, 0.15) is 5.82 Å². The molecule has 0 aromatic heterocycles. The second-order valence-corrected chi connectivity index (χ2v) is 5.12. The van der Waals surface area contributed by atoms with Crippen molar-refractivity contribution in [3.8, 4) is 0 Å². The van der Waals surface area contributed by atoms with Crippen LogP contribution in [0.15, 0.2) is 24.3 Å². The van der Waals surface area contributed by atoms with Crippen molar-refractivity contribution in [3.63, 3.8) is 0 Å². The van der Waals surface area contributed by atoms with Gasteiger partial charge in [0.05, 0.1) is 5.69 Å². The van der Waals surface area contributed by atoms with E-state index in [4.69, 9.17) is 0 Å². The summed E-state index contributed by atoms with van der Waals surface area (Å²) in [7, 11) is 0. The van der Waals surface area contributed by atoms with Crippen LogP contribution in [0.25, 0.3) is 0 Å². The molecule has 1 aromatic carbocycles. The van der Waals surface area contributed by atoms with Crippen molar-refractivity contribution in [1.82, 2.24) is 10.2 Å². The van der Waals surface area contributed by atoms with Crippen LogP contribution in [0.5, 0.6) is 0 Å². The molecule has 0 atom stereocenters. The van der Waals surface area contributed by atoms with E-state index in [0.29, 0.717) is 6.54 Å². The Hall–Kier alpha value is -1.62. The Morgan fingerprint density at radius 3 is 2.70 bits per heavy atom. The van der Waals surface area contributed by atoms with Crippen LogP contribution in [0, 0.1) is 5.82 Å². The summed E-state index contributed by atoms with van der Waals surface area (Å²) in [5.74, 6) is -0.420. The summed E-state index contributed by atoms with van der Waals surface area (Å²) in [6.07, 6.45) is 4.81. The van der Waals surface area contributed by atoms with Gasteiger partial charge in [-0.15, -0.1) is 0 Å². The standard InChI is InChI=1S/C15H22FN3O/c16-13-7-2-3-8-14(13)18-15(20)17-9-6-12-19-10-4-1-5-11-19/h2-3,7-8H,1,4-6,9-12H2,(H2,17,18,20). The Kier molecular flexibility index (Phi) is 5.80. The predicted octanol–water partition coefficient (Wildman–Crippen LogP) is 2.82. The highest BCUT2D eigenvalue weighted by atomic mass is 19.1. The lowest BCUT2D eigenvalue weighted by atomic mass is 10.1. The lowest BCUT2D eigenvalue weighted by Crippen LogP contribution is -2.34. The number of hydrogen-bond donors (Lipinski definition) is 2. The number of nitrogens with one attached hydrogen (secondary N) is 2. The van der Waals surface area contributed by atoms with E-state index in [1.54, 1.807) is 18.2 Å². The molecule has 0 aliphatic carbocycles. The van der Waals surface area contributed by atoms with Crippen molar-refractivity contribution in [2.45, 2.75) is 25.7 Å². The van der Waals surface area contributed by atoms with Crippen LogP contribution in [-0.4, -0.2) is 37.1 Å². The summed E-state index contributed by atoms with van der Waals surface area (Å²) < 4.78 is 13.3. The van der Waals surface area contributed by atoms with Crippen LogP contribution >= 0.6 is 0 Å². The largest absolute Gasteiger partial charge is 0.338 e. The minimum atomic E-state index is -0.420. The fourth-order valence-corrected chi connectivity index (χ4v) is 2.42. The maximum absolute atomic E-state index is 13.3. The Morgan fingerprint density at radius 1 is 1.20 bits per heavy atom. The minimum absolute atomic E-state index is 0.209. The van der Waals surface area contributed by atoms with E-state index in [2.05, 4.69) is 15.5 Å². The number of anilines is 1. The van der Waals surface area contributed by atoms with Gasteiger partial charge in [-0.05, 0) is 51.0 Å². The van der Waals surface area contributed by atoms with Crippen molar-refractivity contribution in [1.29, 1.82) is 0 Å². The SMILES string of the molecule is O=C(NCCCN1CCCCC1)Nc1ccccc1F.